The molecule has 34 heavy (non-hydrogen) atoms. The summed E-state index contributed by atoms with van der Waals surface area (Å²) < 4.78 is 0. The number of carboxylic acid groups (broad SMARTS) is 3. The summed E-state index contributed by atoms with van der Waals surface area (Å²) in [5.41, 5.74) is -0.847. The highest BCUT2D eigenvalue weighted by atomic mass is 35.5. The lowest BCUT2D eigenvalue weighted by molar-refractivity contribution is -0.170. The molecule has 1 saturated heterocycles. The van der Waals surface area contributed by atoms with Gasteiger partial charge in [-0.2, -0.15) is 0 Å². The van der Waals surface area contributed by atoms with E-state index in [0.717, 1.165) is 11.1 Å². The molecule has 9 nitrogen and oxygen atoms in total. The van der Waals surface area contributed by atoms with Gasteiger partial charge in [-0.15, -0.1) is 0 Å². The van der Waals surface area contributed by atoms with Crippen molar-refractivity contribution in [3.63, 3.8) is 0 Å². The Morgan fingerprint density at radius 3 is 1.94 bits per heavy atom. The summed E-state index contributed by atoms with van der Waals surface area (Å²) >= 11 is 6.04. The smallest absolute Gasteiger partial charge is 0.336 e. The van der Waals surface area contributed by atoms with Crippen LogP contribution in [0.1, 0.15) is 51.0 Å². The first-order valence-electron chi connectivity index (χ1n) is 11.5. The predicted molar refractivity (Wildman–Crippen MR) is 127 cm³/mol. The van der Waals surface area contributed by atoms with Crippen LogP contribution in [-0.2, 0) is 19.8 Å². The predicted octanol–water partition coefficient (Wildman–Crippen LogP) is 2.54. The molecule has 3 rings (SSSR count). The summed E-state index contributed by atoms with van der Waals surface area (Å²) in [4.78, 5) is 35.7. The molecule has 4 N–H and O–H groups in total. The molecule has 1 aliphatic heterocycles. The number of likely N-dealkylation sites (N-methyl/N-ethyl adjacent to an activating group) is 1. The molecule has 0 spiro atoms. The zero-order valence-corrected chi connectivity index (χ0v) is 20.5. The first kappa shape index (κ1) is 28.0. The minimum atomic E-state index is -2.74. The Bertz CT molecular complexity index is 833. The zero-order chi connectivity index (χ0) is 25.5. The van der Waals surface area contributed by atoms with Gasteiger partial charge in [0.05, 0.1) is 12.8 Å². The maximum absolute atomic E-state index is 10.3. The molecule has 2 fully saturated rings. The Labute approximate surface area is 204 Å². The number of carbonyl (C=O) groups is 3. The van der Waals surface area contributed by atoms with E-state index in [2.05, 4.69) is 35.9 Å². The SMILES string of the molecule is CCN(CC1(c2ccc(Cl)cc2)CC1)C1CCN(C)CC1.O=C(O)CC(O)(CC(=O)O)C(=O)O. The monoisotopic (exact) mass is 498 g/mol. The van der Waals surface area contributed by atoms with Crippen LogP contribution in [0.4, 0.5) is 0 Å². The van der Waals surface area contributed by atoms with Gasteiger partial charge in [-0.1, -0.05) is 30.7 Å². The van der Waals surface area contributed by atoms with E-state index in [9.17, 15) is 14.4 Å². The van der Waals surface area contributed by atoms with Gasteiger partial charge in [-0.05, 0) is 70.1 Å². The second-order valence-electron chi connectivity index (χ2n) is 9.36. The van der Waals surface area contributed by atoms with Gasteiger partial charge in [0, 0.05) is 23.0 Å². The van der Waals surface area contributed by atoms with Crippen molar-refractivity contribution < 1.29 is 34.8 Å². The maximum atomic E-state index is 10.3. The molecule has 0 radical (unpaired) electrons. The van der Waals surface area contributed by atoms with Crippen LogP contribution >= 0.6 is 11.6 Å². The van der Waals surface area contributed by atoms with Gasteiger partial charge in [0.1, 0.15) is 0 Å². The first-order chi connectivity index (χ1) is 15.9. The molecule has 0 unspecified atom stereocenters. The second kappa shape index (κ2) is 12.0. The van der Waals surface area contributed by atoms with Crippen LogP contribution in [0.25, 0.3) is 0 Å². The van der Waals surface area contributed by atoms with Crippen LogP contribution in [0.2, 0.25) is 5.02 Å². The molecule has 190 valence electrons. The van der Waals surface area contributed by atoms with E-state index >= 15 is 0 Å². The lowest BCUT2D eigenvalue weighted by Gasteiger charge is -2.38. The van der Waals surface area contributed by atoms with Gasteiger partial charge in [-0.3, -0.25) is 14.5 Å². The zero-order valence-electron chi connectivity index (χ0n) is 19.7. The molecule has 1 aliphatic carbocycles. The van der Waals surface area contributed by atoms with Crippen molar-refractivity contribution in [2.75, 3.05) is 33.2 Å². The summed E-state index contributed by atoms with van der Waals surface area (Å²) in [6.45, 7) is 7.20. The minimum absolute atomic E-state index is 0.407. The second-order valence-corrected chi connectivity index (χ2v) is 9.80. The van der Waals surface area contributed by atoms with Crippen LogP contribution in [0, 0.1) is 0 Å². The van der Waals surface area contributed by atoms with E-state index in [1.54, 1.807) is 0 Å². The van der Waals surface area contributed by atoms with Crippen molar-refractivity contribution in [1.29, 1.82) is 0 Å². The van der Waals surface area contributed by atoms with Gasteiger partial charge in [-0.25, -0.2) is 4.79 Å². The molecule has 0 atom stereocenters. The number of piperidine rings is 1. The van der Waals surface area contributed by atoms with Gasteiger partial charge in [0.2, 0.25) is 0 Å². The summed E-state index contributed by atoms with van der Waals surface area (Å²) in [6.07, 6.45) is 3.01. The number of benzene rings is 1. The number of nitrogens with zero attached hydrogens (tertiary/aromatic N) is 2. The van der Waals surface area contributed by atoms with E-state index < -0.39 is 36.4 Å². The highest BCUT2D eigenvalue weighted by Gasteiger charge is 2.46. The number of carboxylic acids is 3. The normalized spacial score (nSPS) is 18.1. The van der Waals surface area contributed by atoms with Gasteiger partial charge < -0.3 is 25.3 Å². The fraction of sp³-hybridized carbons (Fsp3) is 0.625. The molecular weight excluding hydrogens is 464 g/mol. The summed E-state index contributed by atoms with van der Waals surface area (Å²) in [5.74, 6) is -5.02. The fourth-order valence-electron chi connectivity index (χ4n) is 4.45. The Morgan fingerprint density at radius 2 is 1.56 bits per heavy atom. The highest BCUT2D eigenvalue weighted by molar-refractivity contribution is 6.30. The van der Waals surface area contributed by atoms with Crippen molar-refractivity contribution in [3.05, 3.63) is 34.9 Å². The molecule has 0 bridgehead atoms. The molecule has 0 amide bonds. The van der Waals surface area contributed by atoms with Gasteiger partial charge >= 0.3 is 17.9 Å². The lowest BCUT2D eigenvalue weighted by Crippen LogP contribution is -2.46. The van der Waals surface area contributed by atoms with E-state index in [-0.39, 0.29) is 0 Å². The molecule has 1 aromatic rings. The number of hydrogen-bond donors (Lipinski definition) is 4. The van der Waals surface area contributed by atoms with Crippen molar-refractivity contribution in [2.24, 2.45) is 0 Å². The lowest BCUT2D eigenvalue weighted by atomic mass is 9.93. The molecular formula is C24H35ClN2O7. The summed E-state index contributed by atoms with van der Waals surface area (Å²) in [7, 11) is 2.24. The Hall–Kier alpha value is -2.20. The molecule has 0 aromatic heterocycles. The number of likely N-dealkylation sites (tertiary alicyclic amines) is 1. The standard InChI is InChI=1S/C18H27ClN2.C6H8O7/c1-3-21(17-8-12-20(2)13-9-17)14-18(10-11-18)15-4-6-16(19)7-5-15;7-3(8)1-6(13,5(11)12)2-4(9)10/h4-7,17H,3,8-14H2,1-2H3;13H,1-2H2,(H,7,8)(H,9,10)(H,11,12). The Balaban J connectivity index is 0.000000273. The molecule has 1 saturated carbocycles. The summed E-state index contributed by atoms with van der Waals surface area (Å²) in [6, 6.07) is 9.33. The summed E-state index contributed by atoms with van der Waals surface area (Å²) in [5, 5.41) is 34.7. The number of hydrogen-bond acceptors (Lipinski definition) is 6. The van der Waals surface area contributed by atoms with E-state index in [1.165, 1.54) is 57.4 Å². The van der Waals surface area contributed by atoms with Crippen LogP contribution in [0.3, 0.4) is 0 Å². The molecule has 10 heteroatoms. The molecule has 1 aromatic carbocycles. The largest absolute Gasteiger partial charge is 0.481 e. The molecule has 1 heterocycles. The van der Waals surface area contributed by atoms with Crippen LogP contribution < -0.4 is 0 Å². The average Bonchev–Trinajstić information content (AvgIpc) is 3.53. The van der Waals surface area contributed by atoms with Crippen LogP contribution in [0.15, 0.2) is 24.3 Å². The number of rotatable bonds is 10. The quantitative estimate of drug-likeness (QED) is 0.383. The highest BCUT2D eigenvalue weighted by Crippen LogP contribution is 2.49. The van der Waals surface area contributed by atoms with Crippen LogP contribution in [-0.4, -0.2) is 93.0 Å². The average molecular weight is 499 g/mol. The van der Waals surface area contributed by atoms with Gasteiger partial charge in [0.15, 0.2) is 5.60 Å². The number of aliphatic hydroxyl groups is 1. The Morgan fingerprint density at radius 1 is 1.06 bits per heavy atom. The van der Waals surface area contributed by atoms with Crippen molar-refractivity contribution in [2.45, 2.75) is 62.5 Å². The first-order valence-corrected chi connectivity index (χ1v) is 11.9. The fourth-order valence-corrected chi connectivity index (χ4v) is 4.58. The number of halogens is 1. The Kier molecular flexibility index (Phi) is 9.87. The maximum Gasteiger partial charge on any atom is 0.336 e. The van der Waals surface area contributed by atoms with Crippen molar-refractivity contribution >= 4 is 29.5 Å². The van der Waals surface area contributed by atoms with Crippen LogP contribution in [0.5, 0.6) is 0 Å². The third-order valence-corrected chi connectivity index (χ3v) is 6.96. The third-order valence-electron chi connectivity index (χ3n) is 6.71. The van der Waals surface area contributed by atoms with E-state index in [0.29, 0.717) is 5.41 Å². The number of aliphatic carboxylic acids is 3. The third kappa shape index (κ3) is 7.94. The minimum Gasteiger partial charge on any atom is -0.481 e. The molecule has 2 aliphatic rings. The van der Waals surface area contributed by atoms with Crippen molar-refractivity contribution in [1.82, 2.24) is 9.80 Å². The van der Waals surface area contributed by atoms with Crippen molar-refractivity contribution in [3.8, 4) is 0 Å². The van der Waals surface area contributed by atoms with E-state index in [4.69, 9.17) is 32.0 Å². The van der Waals surface area contributed by atoms with Gasteiger partial charge in [0.25, 0.3) is 0 Å². The van der Waals surface area contributed by atoms with E-state index in [1.807, 2.05) is 12.1 Å². The topological polar surface area (TPSA) is 139 Å².